The van der Waals surface area contributed by atoms with Crippen molar-refractivity contribution in [3.63, 3.8) is 0 Å². The molecule has 0 spiro atoms. The number of carboxylic acids is 1. The maximum Gasteiger partial charge on any atom is 0.345 e. The third-order valence-corrected chi connectivity index (χ3v) is 11.8. The Morgan fingerprint density at radius 1 is 0.533 bits per heavy atom. The van der Waals surface area contributed by atoms with Gasteiger partial charge in [0.1, 0.15) is 29.5 Å². The molecule has 1 heterocycles. The fourth-order valence-electron chi connectivity index (χ4n) is 7.49. The second-order valence-electron chi connectivity index (χ2n) is 16.9. The summed E-state index contributed by atoms with van der Waals surface area (Å²) in [4.78, 5) is 27.0. The Bertz CT molecular complexity index is 2260. The van der Waals surface area contributed by atoms with Crippen LogP contribution in [0.25, 0.3) is 21.8 Å². The number of carboxylic acid groups (broad SMARTS) is 1. The summed E-state index contributed by atoms with van der Waals surface area (Å²) in [5.41, 5.74) is 1.90. The molecule has 420 valence electrons. The molecule has 0 amide bonds. The van der Waals surface area contributed by atoms with Gasteiger partial charge in [0, 0.05) is 47.0 Å². The van der Waals surface area contributed by atoms with E-state index >= 15 is 4.79 Å². The van der Waals surface area contributed by atoms with E-state index in [1.807, 2.05) is 4.57 Å². The molecule has 0 saturated heterocycles. The highest BCUT2D eigenvalue weighted by molar-refractivity contribution is 7.85. The number of ether oxygens (including phenoxy) is 15. The molecule has 0 atom stereocenters. The van der Waals surface area contributed by atoms with Crippen molar-refractivity contribution in [3.05, 3.63) is 70.8 Å². The average Bonchev–Trinajstić information content (AvgIpc) is 3.37. The summed E-state index contributed by atoms with van der Waals surface area (Å²) >= 11 is 0. The van der Waals surface area contributed by atoms with E-state index < -0.39 is 40.0 Å². The Labute approximate surface area is 439 Å². The highest BCUT2D eigenvalue weighted by Crippen LogP contribution is 2.34. The molecule has 0 saturated carbocycles. The lowest BCUT2D eigenvalue weighted by atomic mass is 10.0. The van der Waals surface area contributed by atoms with Crippen LogP contribution in [0.3, 0.4) is 0 Å². The second-order valence-corrected chi connectivity index (χ2v) is 18.4. The maximum absolute atomic E-state index is 15.1. The van der Waals surface area contributed by atoms with Crippen LogP contribution in [-0.2, 0) is 73.5 Å². The zero-order valence-corrected chi connectivity index (χ0v) is 44.9. The van der Waals surface area contributed by atoms with Gasteiger partial charge < -0.3 is 76.2 Å². The van der Waals surface area contributed by atoms with Crippen molar-refractivity contribution in [2.45, 2.75) is 39.0 Å². The van der Waals surface area contributed by atoms with Crippen molar-refractivity contribution in [3.8, 4) is 17.2 Å². The largest absolute Gasteiger partial charge is 0.486 e. The van der Waals surface area contributed by atoms with Crippen LogP contribution >= 0.6 is 0 Å². The minimum Gasteiger partial charge on any atom is -0.486 e. The summed E-state index contributed by atoms with van der Waals surface area (Å²) in [6, 6.07) is 13.1. The van der Waals surface area contributed by atoms with Gasteiger partial charge in [-0.05, 0) is 61.4 Å². The molecule has 4 rings (SSSR count). The summed E-state index contributed by atoms with van der Waals surface area (Å²) in [7, 11) is 2.01. The Balaban J connectivity index is 1.84. The van der Waals surface area contributed by atoms with E-state index in [4.69, 9.17) is 71.1 Å². The summed E-state index contributed by atoms with van der Waals surface area (Å²) in [5.74, 6) is -1.67. The monoisotopic (exact) mass is 1080 g/mol. The van der Waals surface area contributed by atoms with Crippen molar-refractivity contribution in [1.29, 1.82) is 0 Å². The number of carbonyl (C=O) groups is 2. The van der Waals surface area contributed by atoms with E-state index in [0.717, 1.165) is 0 Å². The van der Waals surface area contributed by atoms with Gasteiger partial charge >= 0.3 is 11.9 Å². The molecular formula is C52H76NO21S+. The molecule has 0 radical (unpaired) electrons. The topological polar surface area (TPSA) is 251 Å². The summed E-state index contributed by atoms with van der Waals surface area (Å²) in [5, 5.41) is 10.5. The van der Waals surface area contributed by atoms with E-state index in [1.165, 1.54) is 12.1 Å². The van der Waals surface area contributed by atoms with Gasteiger partial charge in [-0.1, -0.05) is 0 Å². The lowest BCUT2D eigenvalue weighted by Gasteiger charge is -2.21. The number of carbonyl (C=O) groups excluding carboxylic acids is 1. The van der Waals surface area contributed by atoms with Crippen molar-refractivity contribution >= 4 is 43.9 Å². The zero-order valence-electron chi connectivity index (χ0n) is 44.0. The number of benzene rings is 3. The first kappa shape index (κ1) is 62.8. The quantitative estimate of drug-likeness (QED) is 0.0156. The first-order valence-electron chi connectivity index (χ1n) is 24.7. The number of methoxy groups -OCH3 is 4. The molecule has 1 aromatic heterocycles. The Kier molecular flexibility index (Phi) is 29.8. The van der Waals surface area contributed by atoms with Gasteiger partial charge in [-0.3, -0.25) is 4.55 Å². The summed E-state index contributed by atoms with van der Waals surface area (Å²) in [6.07, 6.45) is -1.32. The molecule has 0 unspecified atom stereocenters. The lowest BCUT2D eigenvalue weighted by molar-refractivity contribution is -0.645. The first-order valence-corrected chi connectivity index (χ1v) is 26.3. The molecule has 0 aliphatic heterocycles. The summed E-state index contributed by atoms with van der Waals surface area (Å²) < 4.78 is 121. The summed E-state index contributed by atoms with van der Waals surface area (Å²) in [6.45, 7) is 9.43. The SMILES string of the molecule is COCCOCCOCC(COCCOCCOC)Oc1ccc2c(c1)c(C(=O)Oc1c(C)cc(C(=O)O)cc1C)c1cc(OC(COCCOCCOC)COCCOCCOC)ccc1[n+]2CCCS(=O)(=O)O. The normalized spacial score (nSPS) is 11.9. The number of aryl methyl sites for hydroxylation is 3. The number of fused-ring (bicyclic) bond motifs is 2. The minimum absolute atomic E-state index is 0.00451. The van der Waals surface area contributed by atoms with Crippen molar-refractivity contribution in [2.75, 3.05) is 166 Å². The molecule has 75 heavy (non-hydrogen) atoms. The third-order valence-electron chi connectivity index (χ3n) is 11.0. The number of hydrogen-bond donors (Lipinski definition) is 2. The molecule has 0 aliphatic carbocycles. The third kappa shape index (κ3) is 23.2. The fourth-order valence-corrected chi connectivity index (χ4v) is 7.99. The van der Waals surface area contributed by atoms with Crippen LogP contribution in [0.2, 0.25) is 0 Å². The molecular weight excluding hydrogens is 1010 g/mol. The molecule has 23 heteroatoms. The smallest absolute Gasteiger partial charge is 0.345 e. The van der Waals surface area contributed by atoms with Gasteiger partial charge in [0.2, 0.25) is 11.0 Å². The Hall–Kier alpha value is -4.70. The van der Waals surface area contributed by atoms with Crippen LogP contribution in [0.15, 0.2) is 48.5 Å². The van der Waals surface area contributed by atoms with Crippen LogP contribution < -0.4 is 18.8 Å². The highest BCUT2D eigenvalue weighted by atomic mass is 32.2. The fraction of sp³-hybridized carbons (Fsp3) is 0.596. The van der Waals surface area contributed by atoms with Crippen molar-refractivity contribution in [2.24, 2.45) is 0 Å². The number of hydrogen-bond acceptors (Lipinski definition) is 19. The lowest BCUT2D eigenvalue weighted by Crippen LogP contribution is -2.37. The van der Waals surface area contributed by atoms with Crippen LogP contribution in [0.1, 0.15) is 38.3 Å². The highest BCUT2D eigenvalue weighted by Gasteiger charge is 2.29. The maximum atomic E-state index is 15.1. The number of pyridine rings is 1. The molecule has 22 nitrogen and oxygen atoms in total. The van der Waals surface area contributed by atoms with Crippen LogP contribution in [0.4, 0.5) is 0 Å². The van der Waals surface area contributed by atoms with Crippen molar-refractivity contribution in [1.82, 2.24) is 0 Å². The van der Waals surface area contributed by atoms with E-state index in [-0.39, 0.29) is 82.7 Å². The molecule has 2 N–H and O–H groups in total. The molecule has 0 aliphatic rings. The van der Waals surface area contributed by atoms with E-state index in [1.54, 1.807) is 78.7 Å². The van der Waals surface area contributed by atoms with E-state index in [0.29, 0.717) is 124 Å². The van der Waals surface area contributed by atoms with Crippen LogP contribution in [0.5, 0.6) is 17.2 Å². The van der Waals surface area contributed by atoms with Gasteiger partial charge in [0.05, 0.1) is 160 Å². The van der Waals surface area contributed by atoms with Gasteiger partial charge in [-0.2, -0.15) is 13.0 Å². The Morgan fingerprint density at radius 3 is 1.24 bits per heavy atom. The number of nitrogens with zero attached hydrogens (tertiary/aromatic N) is 1. The van der Waals surface area contributed by atoms with Crippen LogP contribution in [0, 0.1) is 13.8 Å². The molecule has 0 bridgehead atoms. The average molecular weight is 1080 g/mol. The zero-order chi connectivity index (χ0) is 54.3. The predicted molar refractivity (Wildman–Crippen MR) is 273 cm³/mol. The minimum atomic E-state index is -4.34. The first-order chi connectivity index (χ1) is 36.3. The molecule has 4 aromatic rings. The Morgan fingerprint density at radius 2 is 0.893 bits per heavy atom. The van der Waals surface area contributed by atoms with Gasteiger partial charge in [0.15, 0.2) is 6.54 Å². The number of aromatic carboxylic acids is 1. The number of esters is 1. The van der Waals surface area contributed by atoms with E-state index in [9.17, 15) is 22.9 Å². The molecule has 0 fully saturated rings. The number of aromatic nitrogens is 1. The van der Waals surface area contributed by atoms with Gasteiger partial charge in [-0.15, -0.1) is 0 Å². The standard InChI is InChI=1S/C52H75NO21S/c1-38-30-40(51(54)55)31-39(2)50(38)74-52(56)49-45-32-41(72-43(34-68-25-21-64-17-13-60-3)35-69-26-22-65-18-14-61-4)8-10-47(45)53(12-7-29-75(57,58)59)48-11-9-42(33-46(48)49)73-44(36-70-27-23-66-19-15-62-5)37-71-28-24-67-20-16-63-6/h8-11,30-33,43-44H,7,12-29,34-37H2,1-6H3,(H-,54,55,57,58,59)/p+1. The van der Waals surface area contributed by atoms with E-state index in [2.05, 4.69) is 0 Å². The predicted octanol–water partition coefficient (Wildman–Crippen LogP) is 4.31. The second kappa shape index (κ2) is 35.6. The molecule has 3 aromatic carbocycles. The van der Waals surface area contributed by atoms with Gasteiger partial charge in [-0.25, -0.2) is 9.59 Å². The van der Waals surface area contributed by atoms with Gasteiger partial charge in [0.25, 0.3) is 10.1 Å². The number of rotatable bonds is 43. The van der Waals surface area contributed by atoms with Crippen molar-refractivity contribution < 1.29 is 103 Å². The van der Waals surface area contributed by atoms with Crippen LogP contribution in [-0.4, -0.2) is 209 Å².